The first-order valence-corrected chi connectivity index (χ1v) is 11.5. The molecule has 0 aromatic heterocycles. The number of amides is 1. The Balaban J connectivity index is 1.86. The first-order chi connectivity index (χ1) is 17.1. The zero-order valence-electron chi connectivity index (χ0n) is 18.4. The molecule has 8 nitrogen and oxygen atoms in total. The molecule has 0 saturated carbocycles. The number of nitrogens with one attached hydrogen (secondary N) is 1. The van der Waals surface area contributed by atoms with Gasteiger partial charge in [0.1, 0.15) is 24.1 Å². The van der Waals surface area contributed by atoms with E-state index in [2.05, 4.69) is 21.2 Å². The monoisotopic (exact) mass is 593 g/mol. The molecule has 3 aromatic carbocycles. The molecule has 0 bridgehead atoms. The summed E-state index contributed by atoms with van der Waals surface area (Å²) in [5.74, 6) is -0.688. The van der Waals surface area contributed by atoms with E-state index in [1.54, 1.807) is 30.3 Å². The van der Waals surface area contributed by atoms with Crippen LogP contribution in [0.25, 0.3) is 6.08 Å². The Morgan fingerprint density at radius 2 is 1.92 bits per heavy atom. The van der Waals surface area contributed by atoms with Gasteiger partial charge in [-0.3, -0.25) is 14.9 Å². The normalized spacial score (nSPS) is 10.9. The Kier molecular flexibility index (Phi) is 8.88. The Morgan fingerprint density at radius 3 is 2.50 bits per heavy atom. The number of nitro benzene ring substituents is 1. The molecule has 3 rings (SSSR count). The average molecular weight is 595 g/mol. The molecule has 0 atom stereocenters. The highest BCUT2D eigenvalue weighted by Gasteiger charge is 2.19. The standard InChI is InChI=1S/C24H15BrCl2FN3O5/c1-35-21-8-13(7-17(25)23(21)36-12-14-4-2-3-5-20(14)28)6-15(11-29)24(32)30-22-18(26)9-16(31(33)34)10-19(22)27/h2-10H,12H2,1H3,(H,30,32)/b15-6+. The second-order valence-electron chi connectivity index (χ2n) is 7.08. The molecule has 184 valence electrons. The Morgan fingerprint density at radius 1 is 1.25 bits per heavy atom. The maximum atomic E-state index is 13.9. The first-order valence-electron chi connectivity index (χ1n) is 9.95. The van der Waals surface area contributed by atoms with Crippen molar-refractivity contribution in [2.45, 2.75) is 6.61 Å². The average Bonchev–Trinajstić information content (AvgIpc) is 2.84. The molecule has 0 radical (unpaired) electrons. The van der Waals surface area contributed by atoms with Crippen LogP contribution < -0.4 is 14.8 Å². The van der Waals surface area contributed by atoms with E-state index in [1.807, 2.05) is 0 Å². The van der Waals surface area contributed by atoms with Gasteiger partial charge >= 0.3 is 0 Å². The van der Waals surface area contributed by atoms with Gasteiger partial charge in [0.15, 0.2) is 11.5 Å². The van der Waals surface area contributed by atoms with E-state index < -0.39 is 16.6 Å². The van der Waals surface area contributed by atoms with Crippen molar-refractivity contribution in [2.75, 3.05) is 12.4 Å². The summed E-state index contributed by atoms with van der Waals surface area (Å²) in [5.41, 5.74) is 0.0143. The summed E-state index contributed by atoms with van der Waals surface area (Å²) in [6.07, 6.45) is 1.29. The SMILES string of the molecule is COc1cc(/C=C(\C#N)C(=O)Nc2c(Cl)cc([N+](=O)[O-])cc2Cl)cc(Br)c1OCc1ccccc1F. The summed E-state index contributed by atoms with van der Waals surface area (Å²) in [4.78, 5) is 23.0. The maximum Gasteiger partial charge on any atom is 0.272 e. The van der Waals surface area contributed by atoms with Crippen LogP contribution in [-0.2, 0) is 11.4 Å². The van der Waals surface area contributed by atoms with Crippen molar-refractivity contribution in [2.24, 2.45) is 0 Å². The van der Waals surface area contributed by atoms with Gasteiger partial charge in [0.05, 0.1) is 32.2 Å². The molecule has 36 heavy (non-hydrogen) atoms. The number of anilines is 1. The van der Waals surface area contributed by atoms with Crippen LogP contribution in [0.4, 0.5) is 15.8 Å². The van der Waals surface area contributed by atoms with Crippen LogP contribution in [0, 0.1) is 27.3 Å². The topological polar surface area (TPSA) is 114 Å². The van der Waals surface area contributed by atoms with Crippen LogP contribution in [0.15, 0.2) is 58.6 Å². The van der Waals surface area contributed by atoms with Gasteiger partial charge < -0.3 is 14.8 Å². The quantitative estimate of drug-likeness (QED) is 0.131. The molecular weight excluding hydrogens is 580 g/mol. The molecule has 0 unspecified atom stereocenters. The Hall–Kier alpha value is -3.65. The molecule has 0 spiro atoms. The third-order valence-corrected chi connectivity index (χ3v) is 5.92. The van der Waals surface area contributed by atoms with Crippen LogP contribution in [0.1, 0.15) is 11.1 Å². The van der Waals surface area contributed by atoms with Gasteiger partial charge in [-0.25, -0.2) is 4.39 Å². The smallest absolute Gasteiger partial charge is 0.272 e. The highest BCUT2D eigenvalue weighted by molar-refractivity contribution is 9.10. The number of carbonyl (C=O) groups is 1. The van der Waals surface area contributed by atoms with Gasteiger partial charge in [-0.15, -0.1) is 0 Å². The summed E-state index contributed by atoms with van der Waals surface area (Å²) in [6.45, 7) is -0.0561. The summed E-state index contributed by atoms with van der Waals surface area (Å²) < 4.78 is 25.5. The number of hydrogen-bond donors (Lipinski definition) is 1. The number of rotatable bonds is 8. The summed E-state index contributed by atoms with van der Waals surface area (Å²) in [5, 5.41) is 22.5. The highest BCUT2D eigenvalue weighted by atomic mass is 79.9. The number of ether oxygens (including phenoxy) is 2. The van der Waals surface area contributed by atoms with Crippen LogP contribution in [0.5, 0.6) is 11.5 Å². The summed E-state index contributed by atoms with van der Waals surface area (Å²) >= 11 is 15.4. The van der Waals surface area contributed by atoms with Crippen molar-refractivity contribution in [3.05, 3.63) is 95.7 Å². The highest BCUT2D eigenvalue weighted by Crippen LogP contribution is 2.38. The molecule has 0 aliphatic heterocycles. The molecule has 1 amide bonds. The van der Waals surface area contributed by atoms with Gasteiger partial charge in [-0.1, -0.05) is 41.4 Å². The number of non-ortho nitro benzene ring substituents is 1. The van der Waals surface area contributed by atoms with Gasteiger partial charge in [-0.05, 0) is 45.8 Å². The van der Waals surface area contributed by atoms with Crippen LogP contribution in [0.2, 0.25) is 10.0 Å². The van der Waals surface area contributed by atoms with Crippen LogP contribution >= 0.6 is 39.1 Å². The number of methoxy groups -OCH3 is 1. The number of halogens is 4. The Labute approximate surface area is 223 Å². The number of carbonyl (C=O) groups excluding carboxylic acids is 1. The molecular formula is C24H15BrCl2FN3O5. The fourth-order valence-electron chi connectivity index (χ4n) is 3.01. The molecule has 12 heteroatoms. The lowest BCUT2D eigenvalue weighted by Gasteiger charge is -2.14. The predicted octanol–water partition coefficient (Wildman–Crippen LogP) is 6.94. The second-order valence-corrected chi connectivity index (χ2v) is 8.75. The molecule has 0 aliphatic rings. The van der Waals surface area contributed by atoms with E-state index in [0.717, 1.165) is 12.1 Å². The van der Waals surface area contributed by atoms with Crippen LogP contribution in [-0.4, -0.2) is 17.9 Å². The van der Waals surface area contributed by atoms with E-state index in [0.29, 0.717) is 21.3 Å². The molecule has 1 N–H and O–H groups in total. The zero-order valence-corrected chi connectivity index (χ0v) is 21.4. The molecule has 0 fully saturated rings. The summed E-state index contributed by atoms with van der Waals surface area (Å²) in [7, 11) is 1.40. The number of hydrogen-bond acceptors (Lipinski definition) is 6. The molecule has 3 aromatic rings. The van der Waals surface area contributed by atoms with E-state index >= 15 is 0 Å². The third kappa shape index (κ3) is 6.31. The van der Waals surface area contributed by atoms with E-state index in [4.69, 9.17) is 32.7 Å². The number of nitrogens with zero attached hydrogens (tertiary/aromatic N) is 2. The van der Waals surface area contributed by atoms with E-state index in [9.17, 15) is 24.6 Å². The molecule has 0 saturated heterocycles. The maximum absolute atomic E-state index is 13.9. The largest absolute Gasteiger partial charge is 0.493 e. The van der Waals surface area contributed by atoms with E-state index in [1.165, 1.54) is 25.3 Å². The van der Waals surface area contributed by atoms with Gasteiger partial charge in [0.2, 0.25) is 0 Å². The minimum atomic E-state index is -0.842. The third-order valence-electron chi connectivity index (χ3n) is 4.73. The van der Waals surface area contributed by atoms with Crippen molar-refractivity contribution in [3.8, 4) is 17.6 Å². The van der Waals surface area contributed by atoms with Gasteiger partial charge in [-0.2, -0.15) is 5.26 Å². The lowest BCUT2D eigenvalue weighted by Crippen LogP contribution is -2.14. The first kappa shape index (κ1) is 26.9. The van der Waals surface area contributed by atoms with Gasteiger partial charge in [0.25, 0.3) is 11.6 Å². The number of nitriles is 1. The van der Waals surface area contributed by atoms with Crippen molar-refractivity contribution in [1.82, 2.24) is 0 Å². The second kappa shape index (κ2) is 11.9. The minimum Gasteiger partial charge on any atom is -0.493 e. The molecule has 0 heterocycles. The van der Waals surface area contributed by atoms with Gasteiger partial charge in [0, 0.05) is 17.7 Å². The lowest BCUT2D eigenvalue weighted by atomic mass is 10.1. The zero-order chi connectivity index (χ0) is 26.4. The molecule has 0 aliphatic carbocycles. The minimum absolute atomic E-state index is 0.0561. The predicted molar refractivity (Wildman–Crippen MR) is 137 cm³/mol. The van der Waals surface area contributed by atoms with Crippen molar-refractivity contribution >= 4 is 62.5 Å². The lowest BCUT2D eigenvalue weighted by molar-refractivity contribution is -0.384. The fourth-order valence-corrected chi connectivity index (χ4v) is 4.15. The van der Waals surface area contributed by atoms with E-state index in [-0.39, 0.29) is 39.3 Å². The van der Waals surface area contributed by atoms with Crippen LogP contribution in [0.3, 0.4) is 0 Å². The van der Waals surface area contributed by atoms with Crippen molar-refractivity contribution in [1.29, 1.82) is 5.26 Å². The Bertz CT molecular complexity index is 1400. The number of benzene rings is 3. The fraction of sp³-hybridized carbons (Fsp3) is 0.0833. The summed E-state index contributed by atoms with van der Waals surface area (Å²) in [6, 6.07) is 13.1. The van der Waals surface area contributed by atoms with Crippen molar-refractivity contribution in [3.63, 3.8) is 0 Å². The van der Waals surface area contributed by atoms with Crippen molar-refractivity contribution < 1.29 is 23.6 Å². The number of nitro groups is 1.